The van der Waals surface area contributed by atoms with E-state index >= 15 is 0 Å². The van der Waals surface area contributed by atoms with Crippen LogP contribution in [0.3, 0.4) is 0 Å². The first kappa shape index (κ1) is 12.5. The Hall–Kier alpha value is -1.00. The van der Waals surface area contributed by atoms with Gasteiger partial charge in [-0.1, -0.05) is 31.1 Å². The van der Waals surface area contributed by atoms with E-state index in [1.54, 1.807) is 12.1 Å². The van der Waals surface area contributed by atoms with Crippen molar-refractivity contribution in [3.63, 3.8) is 0 Å². The second-order valence-corrected chi connectivity index (χ2v) is 4.84. The van der Waals surface area contributed by atoms with Gasteiger partial charge in [-0.2, -0.15) is 0 Å². The summed E-state index contributed by atoms with van der Waals surface area (Å²) in [5.41, 5.74) is 6.67. The first-order valence-electron chi connectivity index (χ1n) is 5.86. The van der Waals surface area contributed by atoms with Gasteiger partial charge in [0.2, 0.25) is 0 Å². The fourth-order valence-corrected chi connectivity index (χ4v) is 2.28. The molecule has 0 spiro atoms. The van der Waals surface area contributed by atoms with Gasteiger partial charge < -0.3 is 10.5 Å². The molecule has 0 bridgehead atoms. The lowest BCUT2D eigenvalue weighted by Gasteiger charge is -2.11. The smallest absolute Gasteiger partial charge is 0.133 e. The molecule has 1 fully saturated rings. The van der Waals surface area contributed by atoms with E-state index in [1.165, 1.54) is 18.9 Å². The molecule has 17 heavy (non-hydrogen) atoms. The molecular weight excluding hydrogens is 237 g/mol. The zero-order chi connectivity index (χ0) is 12.3. The quantitative estimate of drug-likeness (QED) is 0.838. The molecule has 92 valence electrons. The van der Waals surface area contributed by atoms with Gasteiger partial charge in [0.25, 0.3) is 0 Å². The van der Waals surface area contributed by atoms with Gasteiger partial charge in [0, 0.05) is 5.56 Å². The Morgan fingerprint density at radius 3 is 2.76 bits per heavy atom. The highest BCUT2D eigenvalue weighted by atomic mass is 32.1. The van der Waals surface area contributed by atoms with Crippen molar-refractivity contribution in [1.82, 2.24) is 0 Å². The van der Waals surface area contributed by atoms with E-state index in [0.29, 0.717) is 18.3 Å². The van der Waals surface area contributed by atoms with E-state index in [1.807, 2.05) is 0 Å². The molecule has 0 radical (unpaired) electrons. The van der Waals surface area contributed by atoms with Crippen LogP contribution in [0.15, 0.2) is 18.2 Å². The number of hydrogen-bond acceptors (Lipinski definition) is 2. The molecule has 2 N–H and O–H groups in total. The van der Waals surface area contributed by atoms with E-state index in [4.69, 9.17) is 22.7 Å². The van der Waals surface area contributed by atoms with Gasteiger partial charge in [-0.15, -0.1) is 0 Å². The molecule has 0 saturated heterocycles. The topological polar surface area (TPSA) is 35.2 Å². The summed E-state index contributed by atoms with van der Waals surface area (Å²) in [6, 6.07) is 4.78. The van der Waals surface area contributed by atoms with Crippen LogP contribution in [0, 0.1) is 5.82 Å². The maximum absolute atomic E-state index is 13.4. The van der Waals surface area contributed by atoms with E-state index in [-0.39, 0.29) is 10.8 Å². The predicted molar refractivity (Wildman–Crippen MR) is 69.3 cm³/mol. The van der Waals surface area contributed by atoms with Crippen LogP contribution in [0.2, 0.25) is 0 Å². The Morgan fingerprint density at radius 1 is 1.41 bits per heavy atom. The fraction of sp³-hybridized carbons (Fsp3) is 0.462. The standard InChI is InChI=1S/C13H16FNOS/c14-12-6-5-9(7-11(12)13(15)17)8-16-10-3-1-2-4-10/h5-7,10H,1-4,8H2,(H2,15,17). The summed E-state index contributed by atoms with van der Waals surface area (Å²) >= 11 is 4.80. The van der Waals surface area contributed by atoms with Crippen LogP contribution >= 0.6 is 12.2 Å². The third-order valence-corrected chi connectivity index (χ3v) is 3.30. The van der Waals surface area contributed by atoms with Crippen molar-refractivity contribution >= 4 is 17.2 Å². The molecule has 2 rings (SSSR count). The third-order valence-electron chi connectivity index (χ3n) is 3.08. The van der Waals surface area contributed by atoms with Gasteiger partial charge in [-0.25, -0.2) is 4.39 Å². The minimum absolute atomic E-state index is 0.0882. The molecule has 1 aliphatic carbocycles. The highest BCUT2D eigenvalue weighted by molar-refractivity contribution is 7.80. The molecular formula is C13H16FNOS. The number of nitrogens with two attached hydrogens (primary N) is 1. The summed E-state index contributed by atoms with van der Waals surface area (Å²) in [6.07, 6.45) is 5.10. The number of hydrogen-bond donors (Lipinski definition) is 1. The average molecular weight is 253 g/mol. The van der Waals surface area contributed by atoms with E-state index < -0.39 is 0 Å². The van der Waals surface area contributed by atoms with E-state index in [0.717, 1.165) is 18.4 Å². The number of halogens is 1. The molecule has 1 aliphatic rings. The minimum Gasteiger partial charge on any atom is -0.389 e. The normalized spacial score (nSPS) is 16.3. The molecule has 1 aromatic rings. The van der Waals surface area contributed by atoms with Gasteiger partial charge in [-0.3, -0.25) is 0 Å². The number of rotatable bonds is 4. The van der Waals surface area contributed by atoms with Crippen LogP contribution in [-0.2, 0) is 11.3 Å². The van der Waals surface area contributed by atoms with Crippen molar-refractivity contribution in [2.75, 3.05) is 0 Å². The summed E-state index contributed by atoms with van der Waals surface area (Å²) in [6.45, 7) is 0.501. The lowest BCUT2D eigenvalue weighted by atomic mass is 10.1. The van der Waals surface area contributed by atoms with Crippen LogP contribution in [0.5, 0.6) is 0 Å². The number of ether oxygens (including phenoxy) is 1. The van der Waals surface area contributed by atoms with E-state index in [9.17, 15) is 4.39 Å². The zero-order valence-corrected chi connectivity index (χ0v) is 10.4. The Labute approximate surface area is 106 Å². The predicted octanol–water partition coefficient (Wildman–Crippen LogP) is 2.92. The van der Waals surface area contributed by atoms with Gasteiger partial charge in [0.05, 0.1) is 12.7 Å². The first-order chi connectivity index (χ1) is 8.16. The van der Waals surface area contributed by atoms with Crippen LogP contribution in [-0.4, -0.2) is 11.1 Å². The molecule has 4 heteroatoms. The monoisotopic (exact) mass is 253 g/mol. The van der Waals surface area contributed by atoms with Crippen LogP contribution in [0.4, 0.5) is 4.39 Å². The summed E-state index contributed by atoms with van der Waals surface area (Å²) in [5.74, 6) is -0.373. The maximum atomic E-state index is 13.4. The van der Waals surface area contributed by atoms with Crippen molar-refractivity contribution in [3.05, 3.63) is 35.1 Å². The van der Waals surface area contributed by atoms with Crippen LogP contribution < -0.4 is 5.73 Å². The lowest BCUT2D eigenvalue weighted by Crippen LogP contribution is -2.13. The van der Waals surface area contributed by atoms with Crippen molar-refractivity contribution < 1.29 is 9.13 Å². The van der Waals surface area contributed by atoms with Crippen LogP contribution in [0.25, 0.3) is 0 Å². The Kier molecular flexibility index (Phi) is 4.07. The highest BCUT2D eigenvalue weighted by Crippen LogP contribution is 2.22. The zero-order valence-electron chi connectivity index (χ0n) is 9.62. The molecule has 0 aromatic heterocycles. The Bertz CT molecular complexity index is 416. The Morgan fingerprint density at radius 2 is 2.12 bits per heavy atom. The third kappa shape index (κ3) is 3.23. The molecule has 0 heterocycles. The SMILES string of the molecule is NC(=S)c1cc(COC2CCCC2)ccc1F. The summed E-state index contributed by atoms with van der Waals surface area (Å²) in [4.78, 5) is 0.0882. The van der Waals surface area contributed by atoms with Gasteiger partial charge in [0.15, 0.2) is 0 Å². The Balaban J connectivity index is 2.00. The average Bonchev–Trinajstić information content (AvgIpc) is 2.80. The first-order valence-corrected chi connectivity index (χ1v) is 6.27. The molecule has 2 nitrogen and oxygen atoms in total. The second kappa shape index (κ2) is 5.56. The minimum atomic E-state index is -0.373. The van der Waals surface area contributed by atoms with Gasteiger partial charge in [-0.05, 0) is 30.5 Å². The van der Waals surface area contributed by atoms with E-state index in [2.05, 4.69) is 0 Å². The number of benzene rings is 1. The summed E-state index contributed by atoms with van der Waals surface area (Å²) in [7, 11) is 0. The van der Waals surface area contributed by atoms with Crippen molar-refractivity contribution in [1.29, 1.82) is 0 Å². The summed E-state index contributed by atoms with van der Waals surface area (Å²) in [5, 5.41) is 0. The van der Waals surface area contributed by atoms with Crippen molar-refractivity contribution in [3.8, 4) is 0 Å². The molecule has 1 saturated carbocycles. The van der Waals surface area contributed by atoms with Gasteiger partial charge >= 0.3 is 0 Å². The second-order valence-electron chi connectivity index (χ2n) is 4.40. The lowest BCUT2D eigenvalue weighted by molar-refractivity contribution is 0.0456. The van der Waals surface area contributed by atoms with Crippen molar-refractivity contribution in [2.24, 2.45) is 5.73 Å². The molecule has 0 amide bonds. The fourth-order valence-electron chi connectivity index (χ4n) is 2.12. The maximum Gasteiger partial charge on any atom is 0.133 e. The van der Waals surface area contributed by atoms with Crippen LogP contribution in [0.1, 0.15) is 36.8 Å². The molecule has 0 atom stereocenters. The molecule has 0 unspecified atom stereocenters. The van der Waals surface area contributed by atoms with Crippen molar-refractivity contribution in [2.45, 2.75) is 38.4 Å². The number of thiocarbonyl (C=S) groups is 1. The molecule has 0 aliphatic heterocycles. The molecule has 1 aromatic carbocycles. The highest BCUT2D eigenvalue weighted by Gasteiger charge is 2.15. The summed E-state index contributed by atoms with van der Waals surface area (Å²) < 4.78 is 19.1. The largest absolute Gasteiger partial charge is 0.389 e. The van der Waals surface area contributed by atoms with Gasteiger partial charge in [0.1, 0.15) is 10.8 Å².